The van der Waals surface area contributed by atoms with Gasteiger partial charge in [-0.05, 0) is 31.2 Å². The third-order valence-electron chi connectivity index (χ3n) is 3.63. The van der Waals surface area contributed by atoms with Crippen molar-refractivity contribution in [2.75, 3.05) is 13.7 Å². The highest BCUT2D eigenvalue weighted by Gasteiger charge is 2.02. The Morgan fingerprint density at radius 2 is 1.67 bits per heavy atom. The number of halogens is 1. The molecule has 0 bridgehead atoms. The highest BCUT2D eigenvalue weighted by molar-refractivity contribution is 6.32. The van der Waals surface area contributed by atoms with Crippen LogP contribution in [0.4, 0.5) is 0 Å². The van der Waals surface area contributed by atoms with Gasteiger partial charge in [-0.25, -0.2) is 0 Å². The first-order valence-corrected chi connectivity index (χ1v) is 8.71. The monoisotopic (exact) mass is 311 g/mol. The van der Waals surface area contributed by atoms with E-state index in [1.54, 1.807) is 0 Å². The topological polar surface area (TPSA) is 21.3 Å². The van der Waals surface area contributed by atoms with Gasteiger partial charge in [0.1, 0.15) is 5.75 Å². The third-order valence-corrected chi connectivity index (χ3v) is 3.93. The van der Waals surface area contributed by atoms with E-state index in [-0.39, 0.29) is 0 Å². The van der Waals surface area contributed by atoms with Crippen LogP contribution in [0.5, 0.6) is 5.75 Å². The van der Waals surface area contributed by atoms with Crippen molar-refractivity contribution in [2.24, 2.45) is 0 Å². The van der Waals surface area contributed by atoms with E-state index >= 15 is 0 Å². The first kappa shape index (κ1) is 18.3. The van der Waals surface area contributed by atoms with E-state index in [1.807, 2.05) is 19.2 Å². The Morgan fingerprint density at radius 1 is 1.00 bits per heavy atom. The largest absolute Gasteiger partial charge is 0.492 e. The normalized spacial score (nSPS) is 10.8. The maximum atomic E-state index is 6.22. The standard InChI is InChI=1S/C18H30ClNO/c1-3-4-5-6-7-8-9-10-13-21-18-12-11-16(15-20-2)14-17(18)19/h11-12,14,20H,3-10,13,15H2,1-2H3. The maximum absolute atomic E-state index is 6.22. The van der Waals surface area contributed by atoms with Crippen LogP contribution in [-0.2, 0) is 6.54 Å². The zero-order chi connectivity index (χ0) is 15.3. The second-order valence-electron chi connectivity index (χ2n) is 5.62. The number of hydrogen-bond donors (Lipinski definition) is 1. The van der Waals surface area contributed by atoms with Crippen LogP contribution in [0.25, 0.3) is 0 Å². The smallest absolute Gasteiger partial charge is 0.137 e. The van der Waals surface area contributed by atoms with Gasteiger partial charge in [0.05, 0.1) is 11.6 Å². The van der Waals surface area contributed by atoms with Crippen molar-refractivity contribution in [3.63, 3.8) is 0 Å². The fourth-order valence-corrected chi connectivity index (χ4v) is 2.65. The van der Waals surface area contributed by atoms with E-state index in [0.717, 1.165) is 25.3 Å². The Labute approximate surface area is 135 Å². The number of ether oxygens (including phenoxy) is 1. The molecule has 1 rings (SSSR count). The average Bonchev–Trinajstić information content (AvgIpc) is 2.48. The third kappa shape index (κ3) is 8.33. The Kier molecular flexibility index (Phi) is 10.4. The predicted octanol–water partition coefficient (Wildman–Crippen LogP) is 5.58. The lowest BCUT2D eigenvalue weighted by Gasteiger charge is -2.09. The van der Waals surface area contributed by atoms with Crippen LogP contribution in [0, 0.1) is 0 Å². The molecule has 0 fully saturated rings. The minimum absolute atomic E-state index is 0.710. The van der Waals surface area contributed by atoms with Crippen LogP contribution in [0.15, 0.2) is 18.2 Å². The molecule has 0 aliphatic heterocycles. The van der Waals surface area contributed by atoms with Crippen molar-refractivity contribution in [2.45, 2.75) is 64.8 Å². The molecule has 1 aromatic carbocycles. The van der Waals surface area contributed by atoms with Crippen LogP contribution in [0.1, 0.15) is 63.9 Å². The van der Waals surface area contributed by atoms with Crippen LogP contribution >= 0.6 is 11.6 Å². The summed E-state index contributed by atoms with van der Waals surface area (Å²) >= 11 is 6.22. The Balaban J connectivity index is 2.10. The predicted molar refractivity (Wildman–Crippen MR) is 92.3 cm³/mol. The van der Waals surface area contributed by atoms with Gasteiger partial charge in [-0.15, -0.1) is 0 Å². The molecular weight excluding hydrogens is 282 g/mol. The van der Waals surface area contributed by atoms with Gasteiger partial charge in [-0.2, -0.15) is 0 Å². The lowest BCUT2D eigenvalue weighted by atomic mass is 10.1. The molecule has 0 heterocycles. The van der Waals surface area contributed by atoms with Gasteiger partial charge in [-0.1, -0.05) is 69.5 Å². The summed E-state index contributed by atoms with van der Waals surface area (Å²) in [6.45, 7) is 3.85. The summed E-state index contributed by atoms with van der Waals surface area (Å²) in [7, 11) is 1.93. The molecule has 0 atom stereocenters. The first-order valence-electron chi connectivity index (χ1n) is 8.33. The van der Waals surface area contributed by atoms with Gasteiger partial charge in [0.25, 0.3) is 0 Å². The molecule has 21 heavy (non-hydrogen) atoms. The van der Waals surface area contributed by atoms with Crippen molar-refractivity contribution >= 4 is 11.6 Å². The highest BCUT2D eigenvalue weighted by Crippen LogP contribution is 2.25. The van der Waals surface area contributed by atoms with Gasteiger partial charge < -0.3 is 10.1 Å². The molecule has 3 heteroatoms. The summed E-state index contributed by atoms with van der Waals surface area (Å²) in [5, 5.41) is 3.83. The van der Waals surface area contributed by atoms with Gasteiger partial charge in [0, 0.05) is 6.54 Å². The fraction of sp³-hybridized carbons (Fsp3) is 0.667. The summed E-state index contributed by atoms with van der Waals surface area (Å²) in [6, 6.07) is 6.01. The molecule has 2 nitrogen and oxygen atoms in total. The minimum atomic E-state index is 0.710. The maximum Gasteiger partial charge on any atom is 0.137 e. The molecular formula is C18H30ClNO. The SMILES string of the molecule is CCCCCCCCCCOc1ccc(CNC)cc1Cl. The van der Waals surface area contributed by atoms with Gasteiger partial charge in [0.15, 0.2) is 0 Å². The van der Waals surface area contributed by atoms with Gasteiger partial charge in [0.2, 0.25) is 0 Å². The lowest BCUT2D eigenvalue weighted by Crippen LogP contribution is -2.05. The molecule has 1 aromatic rings. The molecule has 0 amide bonds. The van der Waals surface area contributed by atoms with Crippen molar-refractivity contribution in [1.29, 1.82) is 0 Å². The van der Waals surface area contributed by atoms with Crippen molar-refractivity contribution in [1.82, 2.24) is 5.32 Å². The fourth-order valence-electron chi connectivity index (χ4n) is 2.39. The number of unbranched alkanes of at least 4 members (excludes halogenated alkanes) is 7. The zero-order valence-electron chi connectivity index (χ0n) is 13.6. The summed E-state index contributed by atoms with van der Waals surface area (Å²) in [4.78, 5) is 0. The number of benzene rings is 1. The van der Waals surface area contributed by atoms with Gasteiger partial charge >= 0.3 is 0 Å². The Morgan fingerprint density at radius 3 is 2.29 bits per heavy atom. The molecule has 0 spiro atoms. The van der Waals surface area contributed by atoms with Crippen LogP contribution in [-0.4, -0.2) is 13.7 Å². The van der Waals surface area contributed by atoms with E-state index in [2.05, 4.69) is 18.3 Å². The van der Waals surface area contributed by atoms with E-state index < -0.39 is 0 Å². The van der Waals surface area contributed by atoms with Crippen LogP contribution in [0.2, 0.25) is 5.02 Å². The first-order chi connectivity index (χ1) is 10.3. The zero-order valence-corrected chi connectivity index (χ0v) is 14.3. The van der Waals surface area contributed by atoms with Gasteiger partial charge in [-0.3, -0.25) is 0 Å². The summed E-state index contributed by atoms with van der Waals surface area (Å²) in [5.41, 5.74) is 1.18. The Hall–Kier alpha value is -0.730. The molecule has 0 saturated carbocycles. The molecule has 0 aromatic heterocycles. The number of rotatable bonds is 12. The quantitative estimate of drug-likeness (QED) is 0.509. The van der Waals surface area contributed by atoms with E-state index in [4.69, 9.17) is 16.3 Å². The number of hydrogen-bond acceptors (Lipinski definition) is 2. The summed E-state index contributed by atoms with van der Waals surface area (Å²) in [5.74, 6) is 0.805. The molecule has 0 radical (unpaired) electrons. The second kappa shape index (κ2) is 11.9. The van der Waals surface area contributed by atoms with E-state index in [0.29, 0.717) is 5.02 Å². The second-order valence-corrected chi connectivity index (χ2v) is 6.03. The molecule has 0 aliphatic rings. The average molecular weight is 312 g/mol. The van der Waals surface area contributed by atoms with Crippen molar-refractivity contribution < 1.29 is 4.74 Å². The van der Waals surface area contributed by atoms with Crippen molar-refractivity contribution in [3.05, 3.63) is 28.8 Å². The van der Waals surface area contributed by atoms with Crippen LogP contribution in [0.3, 0.4) is 0 Å². The molecule has 120 valence electrons. The molecule has 0 aliphatic carbocycles. The summed E-state index contributed by atoms with van der Waals surface area (Å²) in [6.07, 6.45) is 10.5. The van der Waals surface area contributed by atoms with E-state index in [1.165, 1.54) is 50.5 Å². The molecule has 0 unspecified atom stereocenters. The summed E-state index contributed by atoms with van der Waals surface area (Å²) < 4.78 is 5.76. The Bertz CT molecular complexity index is 381. The molecule has 1 N–H and O–H groups in total. The number of nitrogens with one attached hydrogen (secondary N) is 1. The van der Waals surface area contributed by atoms with Crippen molar-refractivity contribution in [3.8, 4) is 5.75 Å². The minimum Gasteiger partial charge on any atom is -0.492 e. The molecule has 0 saturated heterocycles. The lowest BCUT2D eigenvalue weighted by molar-refractivity contribution is 0.304. The van der Waals surface area contributed by atoms with Crippen LogP contribution < -0.4 is 10.1 Å². The van der Waals surface area contributed by atoms with E-state index in [9.17, 15) is 0 Å². The highest BCUT2D eigenvalue weighted by atomic mass is 35.5.